The molecule has 0 saturated carbocycles. The molecule has 1 aliphatic heterocycles. The van der Waals surface area contributed by atoms with E-state index in [9.17, 15) is 19.7 Å². The fourth-order valence-electron chi connectivity index (χ4n) is 4.39. The number of hydrogen-bond donors (Lipinski definition) is 0. The van der Waals surface area contributed by atoms with Gasteiger partial charge in [-0.2, -0.15) is 10.2 Å². The highest BCUT2D eigenvalue weighted by Crippen LogP contribution is 2.45. The monoisotopic (exact) mass is 423 g/mol. The lowest BCUT2D eigenvalue weighted by Gasteiger charge is -2.26. The Morgan fingerprint density at radius 1 is 0.781 bits per heavy atom. The quantitative estimate of drug-likeness (QED) is 0.316. The lowest BCUT2D eigenvalue weighted by molar-refractivity contribution is -0.385. The molecule has 0 fully saturated rings. The first-order valence-corrected chi connectivity index (χ1v) is 10.1. The zero-order valence-corrected chi connectivity index (χ0v) is 16.8. The molecule has 2 atom stereocenters. The summed E-state index contributed by atoms with van der Waals surface area (Å²) in [5.74, 6) is -2.07. The van der Waals surface area contributed by atoms with E-state index in [-0.39, 0.29) is 23.0 Å². The van der Waals surface area contributed by atoms with Crippen molar-refractivity contribution in [3.8, 4) is 0 Å². The average Bonchev–Trinajstić information content (AvgIpc) is 3.09. The molecule has 32 heavy (non-hydrogen) atoms. The number of nitrogens with zero attached hydrogens (tertiary/aromatic N) is 3. The standard InChI is InChI=1S/C25H17N3O4/c29-24-16-10-4-5-11-17(16)25(30)22(24)20-14-19(15-8-2-1-3-9-15)23(27-26-20)18-12-6-7-13-21(18)28(31)32/h1-14,19,22-23H/t19-,23+/m1/s1. The zero-order chi connectivity index (χ0) is 22.2. The van der Waals surface area contributed by atoms with E-state index >= 15 is 0 Å². The van der Waals surface area contributed by atoms with Crippen LogP contribution in [0.25, 0.3) is 0 Å². The van der Waals surface area contributed by atoms with Gasteiger partial charge >= 0.3 is 0 Å². The number of allylic oxidation sites excluding steroid dienone is 1. The third kappa shape index (κ3) is 3.15. The van der Waals surface area contributed by atoms with Crippen LogP contribution in [0.15, 0.2) is 101 Å². The molecule has 0 radical (unpaired) electrons. The highest BCUT2D eigenvalue weighted by atomic mass is 16.6. The molecule has 0 saturated heterocycles. The van der Waals surface area contributed by atoms with E-state index in [4.69, 9.17) is 0 Å². The van der Waals surface area contributed by atoms with E-state index in [0.717, 1.165) is 5.56 Å². The molecule has 7 heteroatoms. The number of rotatable bonds is 4. The maximum absolute atomic E-state index is 13.0. The molecule has 3 aromatic rings. The van der Waals surface area contributed by atoms with E-state index in [1.54, 1.807) is 48.5 Å². The van der Waals surface area contributed by atoms with Crippen molar-refractivity contribution in [2.45, 2.75) is 12.0 Å². The summed E-state index contributed by atoms with van der Waals surface area (Å²) in [7, 11) is 0. The van der Waals surface area contributed by atoms with Crippen LogP contribution in [0, 0.1) is 16.0 Å². The number of fused-ring (bicyclic) bond motifs is 1. The van der Waals surface area contributed by atoms with Crippen LogP contribution in [-0.2, 0) is 0 Å². The summed E-state index contributed by atoms with van der Waals surface area (Å²) in [5.41, 5.74) is 2.29. The van der Waals surface area contributed by atoms with Crippen molar-refractivity contribution in [2.24, 2.45) is 16.1 Å². The maximum atomic E-state index is 13.0. The smallest absolute Gasteiger partial charge is 0.274 e. The molecule has 0 unspecified atom stereocenters. The van der Waals surface area contributed by atoms with Gasteiger partial charge in [-0.1, -0.05) is 66.7 Å². The second-order valence-electron chi connectivity index (χ2n) is 7.71. The Morgan fingerprint density at radius 3 is 2.03 bits per heavy atom. The number of benzene rings is 3. The number of Topliss-reactive ketones (excluding diaryl/α,β-unsaturated/α-hetero) is 2. The number of nitro groups is 1. The molecule has 1 heterocycles. The van der Waals surface area contributed by atoms with Crippen molar-refractivity contribution in [3.05, 3.63) is 123 Å². The van der Waals surface area contributed by atoms with Crippen molar-refractivity contribution in [3.63, 3.8) is 0 Å². The summed E-state index contributed by atoms with van der Waals surface area (Å²) in [6, 6.07) is 21.9. The highest BCUT2D eigenvalue weighted by molar-refractivity contribution is 6.28. The molecule has 5 rings (SSSR count). The number of ketones is 2. The zero-order valence-electron chi connectivity index (χ0n) is 16.8. The van der Waals surface area contributed by atoms with Gasteiger partial charge in [0, 0.05) is 23.1 Å². The van der Waals surface area contributed by atoms with Crippen molar-refractivity contribution in [1.82, 2.24) is 0 Å². The van der Waals surface area contributed by atoms with E-state index in [0.29, 0.717) is 16.7 Å². The predicted molar refractivity (Wildman–Crippen MR) is 117 cm³/mol. The van der Waals surface area contributed by atoms with Crippen LogP contribution in [-0.4, -0.2) is 16.5 Å². The molecule has 1 aliphatic carbocycles. The SMILES string of the molecule is O=C1c2ccccc2C(=O)C1C1=C[C@H](c2ccccc2)[C@H](c2ccccc2[N+](=O)[O-])N=N1. The minimum atomic E-state index is -1.05. The van der Waals surface area contributed by atoms with Crippen molar-refractivity contribution in [1.29, 1.82) is 0 Å². The van der Waals surface area contributed by atoms with Gasteiger partial charge in [-0.25, -0.2) is 0 Å². The van der Waals surface area contributed by atoms with Gasteiger partial charge in [-0.15, -0.1) is 0 Å². The summed E-state index contributed by atoms with van der Waals surface area (Å²) in [6.45, 7) is 0. The van der Waals surface area contributed by atoms with Crippen LogP contribution in [0.1, 0.15) is 43.8 Å². The molecule has 156 valence electrons. The number of para-hydroxylation sites is 1. The molecular formula is C25H17N3O4. The summed E-state index contributed by atoms with van der Waals surface area (Å²) in [4.78, 5) is 37.2. The Bertz CT molecular complexity index is 1280. The number of nitro benzene ring substituents is 1. The van der Waals surface area contributed by atoms with Crippen molar-refractivity contribution < 1.29 is 14.5 Å². The number of carbonyl (C=O) groups is 2. The van der Waals surface area contributed by atoms with Crippen molar-refractivity contribution >= 4 is 17.3 Å². The normalized spacial score (nSPS) is 20.2. The number of hydrogen-bond acceptors (Lipinski definition) is 6. The molecule has 0 N–H and O–H groups in total. The Hall–Kier alpha value is -4.26. The second kappa shape index (κ2) is 7.77. The lowest BCUT2D eigenvalue weighted by atomic mass is 9.83. The molecule has 0 spiro atoms. The molecule has 0 bridgehead atoms. The first-order chi connectivity index (χ1) is 15.6. The fourth-order valence-corrected chi connectivity index (χ4v) is 4.39. The third-order valence-corrected chi connectivity index (χ3v) is 5.90. The van der Waals surface area contributed by atoms with Crippen LogP contribution in [0.3, 0.4) is 0 Å². The third-order valence-electron chi connectivity index (χ3n) is 5.90. The van der Waals surface area contributed by atoms with Gasteiger partial charge in [0.2, 0.25) is 0 Å². The van der Waals surface area contributed by atoms with E-state index in [1.165, 1.54) is 6.07 Å². The van der Waals surface area contributed by atoms with Gasteiger partial charge in [-0.05, 0) is 17.7 Å². The Morgan fingerprint density at radius 2 is 1.38 bits per heavy atom. The van der Waals surface area contributed by atoms with Gasteiger partial charge in [0.25, 0.3) is 5.69 Å². The second-order valence-corrected chi connectivity index (χ2v) is 7.71. The van der Waals surface area contributed by atoms with Gasteiger partial charge < -0.3 is 0 Å². The summed E-state index contributed by atoms with van der Waals surface area (Å²) >= 11 is 0. The van der Waals surface area contributed by atoms with Gasteiger partial charge in [0.15, 0.2) is 11.6 Å². The fraction of sp³-hybridized carbons (Fsp3) is 0.120. The van der Waals surface area contributed by atoms with Gasteiger partial charge in [0.05, 0.1) is 16.2 Å². The maximum Gasteiger partial charge on any atom is 0.274 e. The minimum Gasteiger partial charge on any atom is -0.293 e. The minimum absolute atomic E-state index is 0.0466. The van der Waals surface area contributed by atoms with E-state index in [2.05, 4.69) is 10.2 Å². The lowest BCUT2D eigenvalue weighted by Crippen LogP contribution is -2.21. The summed E-state index contributed by atoms with van der Waals surface area (Å²) in [6.07, 6.45) is 1.76. The molecule has 0 amide bonds. The molecule has 3 aromatic carbocycles. The average molecular weight is 423 g/mol. The molecule has 7 nitrogen and oxygen atoms in total. The Labute approximate surface area is 183 Å². The summed E-state index contributed by atoms with van der Waals surface area (Å²) < 4.78 is 0. The topological polar surface area (TPSA) is 102 Å². The Balaban J connectivity index is 1.60. The van der Waals surface area contributed by atoms with Crippen LogP contribution in [0.2, 0.25) is 0 Å². The highest BCUT2D eigenvalue weighted by Gasteiger charge is 2.43. The largest absolute Gasteiger partial charge is 0.293 e. The van der Waals surface area contributed by atoms with E-state index in [1.807, 2.05) is 30.3 Å². The van der Waals surface area contributed by atoms with Crippen LogP contribution in [0.4, 0.5) is 5.69 Å². The van der Waals surface area contributed by atoms with Crippen LogP contribution in [0.5, 0.6) is 0 Å². The van der Waals surface area contributed by atoms with Crippen LogP contribution >= 0.6 is 0 Å². The predicted octanol–water partition coefficient (Wildman–Crippen LogP) is 5.46. The molecule has 0 aromatic heterocycles. The molecular weight excluding hydrogens is 406 g/mol. The van der Waals surface area contributed by atoms with E-state index < -0.39 is 22.8 Å². The van der Waals surface area contributed by atoms with Gasteiger partial charge in [-0.3, -0.25) is 19.7 Å². The number of azo groups is 1. The Kier molecular flexibility index (Phi) is 4.78. The van der Waals surface area contributed by atoms with Gasteiger partial charge in [0.1, 0.15) is 12.0 Å². The first kappa shape index (κ1) is 19.7. The van der Waals surface area contributed by atoms with Crippen LogP contribution < -0.4 is 0 Å². The molecule has 2 aliphatic rings. The first-order valence-electron chi connectivity index (χ1n) is 10.1. The summed E-state index contributed by atoms with van der Waals surface area (Å²) in [5, 5.41) is 20.3. The number of carbonyl (C=O) groups excluding carboxylic acids is 2. The van der Waals surface area contributed by atoms with Crippen molar-refractivity contribution in [2.75, 3.05) is 0 Å².